The molecule has 206 valence electrons. The van der Waals surface area contributed by atoms with Crippen molar-refractivity contribution in [2.45, 2.75) is 25.5 Å². The number of amides is 2. The average Bonchev–Trinajstić information content (AvgIpc) is 3.12. The van der Waals surface area contributed by atoms with Gasteiger partial charge in [0.15, 0.2) is 11.4 Å². The molecule has 41 heavy (non-hydrogen) atoms. The zero-order chi connectivity index (χ0) is 28.6. The van der Waals surface area contributed by atoms with Crippen LogP contribution in [-0.2, 0) is 16.9 Å². The highest BCUT2D eigenvalue weighted by Crippen LogP contribution is 2.49. The predicted molar refractivity (Wildman–Crippen MR) is 157 cm³/mol. The largest absolute Gasteiger partial charge is 0.454 e. The molecule has 7 nitrogen and oxygen atoms in total. The Morgan fingerprint density at radius 3 is 2.37 bits per heavy atom. The number of aliphatic hydroxyl groups excluding tert-OH is 1. The number of aliphatic hydroxyl groups is 2. The number of carbonyl (C=O) groups excluding carboxylic acids is 2. The fourth-order valence-electron chi connectivity index (χ4n) is 5.58. The Balaban J connectivity index is 1.50. The number of hydrogen-bond donors (Lipinski definition) is 2. The van der Waals surface area contributed by atoms with E-state index in [1.165, 1.54) is 0 Å². The standard InChI is InChI=1S/C34H30N2O5/c1-23(11-9-10-20-37)34(40)27-21-25(18-19-28(27)35(33(34)39)22-24-12-3-2-4-13-24)36-29-15-6-8-17-31(29)41-30-16-7-5-14-26(30)32(36)38/h2-9,11-19,21,23,37,40H,10,20,22H2,1H3/b11-9+/t23-,34+/m1/s1. The first-order valence-electron chi connectivity index (χ1n) is 13.6. The van der Waals surface area contributed by atoms with Gasteiger partial charge in [0.1, 0.15) is 5.75 Å². The maximum Gasteiger partial charge on any atom is 0.266 e. The summed E-state index contributed by atoms with van der Waals surface area (Å²) in [6.45, 7) is 2.04. The molecular weight excluding hydrogens is 516 g/mol. The number of anilines is 3. The van der Waals surface area contributed by atoms with E-state index in [0.717, 1.165) is 5.56 Å². The number of hydrogen-bond acceptors (Lipinski definition) is 5. The van der Waals surface area contributed by atoms with Crippen LogP contribution in [0.4, 0.5) is 17.1 Å². The van der Waals surface area contributed by atoms with Crippen molar-refractivity contribution in [2.75, 3.05) is 16.4 Å². The van der Waals surface area contributed by atoms with Crippen molar-refractivity contribution in [2.24, 2.45) is 5.92 Å². The zero-order valence-electron chi connectivity index (χ0n) is 22.6. The van der Waals surface area contributed by atoms with Gasteiger partial charge in [-0.3, -0.25) is 14.5 Å². The normalized spacial score (nSPS) is 18.5. The van der Waals surface area contributed by atoms with E-state index in [1.54, 1.807) is 71.3 Å². The highest BCUT2D eigenvalue weighted by molar-refractivity contribution is 6.15. The second-order valence-corrected chi connectivity index (χ2v) is 10.3. The predicted octanol–water partition coefficient (Wildman–Crippen LogP) is 6.08. The third-order valence-electron chi connectivity index (χ3n) is 7.72. The number of carbonyl (C=O) groups is 2. The monoisotopic (exact) mass is 546 g/mol. The van der Waals surface area contributed by atoms with Crippen LogP contribution >= 0.6 is 0 Å². The van der Waals surface area contributed by atoms with E-state index in [9.17, 15) is 19.8 Å². The molecule has 4 aromatic rings. The Hall–Kier alpha value is -4.72. The van der Waals surface area contributed by atoms with Crippen molar-refractivity contribution in [1.29, 1.82) is 0 Å². The quantitative estimate of drug-likeness (QED) is 0.274. The van der Waals surface area contributed by atoms with E-state index in [0.29, 0.717) is 46.1 Å². The van der Waals surface area contributed by atoms with Crippen molar-refractivity contribution in [3.8, 4) is 11.5 Å². The van der Waals surface area contributed by atoms with Crippen LogP contribution in [0.15, 0.2) is 109 Å². The van der Waals surface area contributed by atoms with Crippen molar-refractivity contribution in [1.82, 2.24) is 0 Å². The maximum absolute atomic E-state index is 14.0. The molecule has 0 saturated carbocycles. The van der Waals surface area contributed by atoms with Gasteiger partial charge in [-0.15, -0.1) is 0 Å². The molecule has 0 fully saturated rings. The summed E-state index contributed by atoms with van der Waals surface area (Å²) in [5, 5.41) is 21.5. The number of fused-ring (bicyclic) bond motifs is 3. The maximum atomic E-state index is 14.0. The lowest BCUT2D eigenvalue weighted by Crippen LogP contribution is -2.44. The second-order valence-electron chi connectivity index (χ2n) is 10.3. The van der Waals surface area contributed by atoms with Crippen LogP contribution < -0.4 is 14.5 Å². The average molecular weight is 547 g/mol. The summed E-state index contributed by atoms with van der Waals surface area (Å²) in [5.41, 5.74) is 1.50. The smallest absolute Gasteiger partial charge is 0.266 e. The Kier molecular flexibility index (Phi) is 6.91. The molecule has 2 aliphatic rings. The highest BCUT2D eigenvalue weighted by Gasteiger charge is 2.53. The van der Waals surface area contributed by atoms with Crippen LogP contribution in [0.3, 0.4) is 0 Å². The molecule has 0 unspecified atom stereocenters. The molecule has 0 spiro atoms. The molecular formula is C34H30N2O5. The van der Waals surface area contributed by atoms with Gasteiger partial charge in [0.2, 0.25) is 0 Å². The lowest BCUT2D eigenvalue weighted by Gasteiger charge is -2.28. The first-order chi connectivity index (χ1) is 19.9. The van der Waals surface area contributed by atoms with Gasteiger partial charge in [-0.1, -0.05) is 73.7 Å². The van der Waals surface area contributed by atoms with Crippen molar-refractivity contribution in [3.63, 3.8) is 0 Å². The minimum absolute atomic E-state index is 0.0313. The van der Waals surface area contributed by atoms with E-state index < -0.39 is 17.4 Å². The summed E-state index contributed by atoms with van der Waals surface area (Å²) in [6.07, 6.45) is 3.93. The molecule has 0 radical (unpaired) electrons. The third kappa shape index (κ3) is 4.49. The first-order valence-corrected chi connectivity index (χ1v) is 13.6. The van der Waals surface area contributed by atoms with Crippen LogP contribution in [-0.4, -0.2) is 28.6 Å². The molecule has 2 atom stereocenters. The number of benzene rings is 4. The number of nitrogens with zero attached hydrogens (tertiary/aromatic N) is 2. The van der Waals surface area contributed by atoms with E-state index in [1.807, 2.05) is 54.6 Å². The summed E-state index contributed by atoms with van der Waals surface area (Å²) >= 11 is 0. The van der Waals surface area contributed by atoms with Gasteiger partial charge in [-0.25, -0.2) is 0 Å². The number of rotatable bonds is 7. The topological polar surface area (TPSA) is 90.3 Å². The number of para-hydroxylation sites is 3. The molecule has 2 amide bonds. The molecule has 0 bridgehead atoms. The first kappa shape index (κ1) is 26.5. The van der Waals surface area contributed by atoms with Crippen LogP contribution in [0, 0.1) is 5.92 Å². The number of ether oxygens (including phenoxy) is 1. The van der Waals surface area contributed by atoms with Crippen LogP contribution in [0.1, 0.15) is 34.8 Å². The van der Waals surface area contributed by atoms with Gasteiger partial charge in [0.25, 0.3) is 11.8 Å². The third-order valence-corrected chi connectivity index (χ3v) is 7.72. The van der Waals surface area contributed by atoms with Crippen LogP contribution in [0.5, 0.6) is 11.5 Å². The zero-order valence-corrected chi connectivity index (χ0v) is 22.6. The summed E-state index contributed by atoms with van der Waals surface area (Å²) in [5.74, 6) is -0.352. The van der Waals surface area contributed by atoms with Gasteiger partial charge >= 0.3 is 0 Å². The fourth-order valence-corrected chi connectivity index (χ4v) is 5.58. The van der Waals surface area contributed by atoms with Crippen LogP contribution in [0.2, 0.25) is 0 Å². The molecule has 4 aromatic carbocycles. The molecule has 2 heterocycles. The molecule has 6 rings (SSSR count). The van der Waals surface area contributed by atoms with Crippen molar-refractivity contribution >= 4 is 28.9 Å². The fraction of sp³-hybridized carbons (Fsp3) is 0.176. The molecule has 2 aliphatic heterocycles. The summed E-state index contributed by atoms with van der Waals surface area (Å²) in [4.78, 5) is 31.2. The lowest BCUT2D eigenvalue weighted by atomic mass is 9.82. The van der Waals surface area contributed by atoms with Gasteiger partial charge in [0.05, 0.1) is 23.5 Å². The SMILES string of the molecule is C[C@H](/C=C/CCO)[C@@]1(O)C(=O)N(Cc2ccccc2)c2ccc(N3C(=O)c4ccccc4Oc4ccccc43)cc21. The molecule has 0 aromatic heterocycles. The van der Waals surface area contributed by atoms with Gasteiger partial charge in [-0.2, -0.15) is 0 Å². The Labute approximate surface area is 238 Å². The summed E-state index contributed by atoms with van der Waals surface area (Å²) in [7, 11) is 0. The Morgan fingerprint density at radius 1 is 0.878 bits per heavy atom. The Bertz CT molecular complexity index is 1650. The molecule has 0 saturated heterocycles. The van der Waals surface area contributed by atoms with Gasteiger partial charge < -0.3 is 19.8 Å². The van der Waals surface area contributed by atoms with E-state index in [4.69, 9.17) is 4.74 Å². The van der Waals surface area contributed by atoms with E-state index >= 15 is 0 Å². The van der Waals surface area contributed by atoms with E-state index in [-0.39, 0.29) is 19.1 Å². The minimum atomic E-state index is -1.88. The summed E-state index contributed by atoms with van der Waals surface area (Å²) < 4.78 is 6.15. The van der Waals surface area contributed by atoms with Gasteiger partial charge in [-0.05, 0) is 54.4 Å². The molecule has 0 aliphatic carbocycles. The lowest BCUT2D eigenvalue weighted by molar-refractivity contribution is -0.139. The van der Waals surface area contributed by atoms with Crippen LogP contribution in [0.25, 0.3) is 0 Å². The molecule has 2 N–H and O–H groups in total. The van der Waals surface area contributed by atoms with Crippen molar-refractivity contribution < 1.29 is 24.5 Å². The second kappa shape index (κ2) is 10.7. The molecule has 7 heteroatoms. The highest BCUT2D eigenvalue weighted by atomic mass is 16.5. The van der Waals surface area contributed by atoms with E-state index in [2.05, 4.69) is 0 Å². The summed E-state index contributed by atoms with van der Waals surface area (Å²) in [6, 6.07) is 29.3. The Morgan fingerprint density at radius 2 is 1.59 bits per heavy atom. The minimum Gasteiger partial charge on any atom is -0.454 e. The van der Waals surface area contributed by atoms with Crippen molar-refractivity contribution in [3.05, 3.63) is 126 Å². The van der Waals surface area contributed by atoms with Gasteiger partial charge in [0, 0.05) is 23.8 Å².